The first kappa shape index (κ1) is 21.6. The van der Waals surface area contributed by atoms with E-state index >= 15 is 0 Å². The van der Waals surface area contributed by atoms with E-state index in [0.717, 1.165) is 76.2 Å². The van der Waals surface area contributed by atoms with E-state index in [1.807, 2.05) is 54.6 Å². The number of nitrogens with zero attached hydrogens (tertiary/aromatic N) is 2. The van der Waals surface area contributed by atoms with Crippen LogP contribution in [0.3, 0.4) is 0 Å². The van der Waals surface area contributed by atoms with Gasteiger partial charge in [0.05, 0.1) is 26.4 Å². The summed E-state index contributed by atoms with van der Waals surface area (Å²) in [7, 11) is 0. The smallest absolute Gasteiger partial charge is 0.185 e. The maximum absolute atomic E-state index is 12.5. The molecule has 0 radical (unpaired) electrons. The van der Waals surface area contributed by atoms with Gasteiger partial charge in [-0.1, -0.05) is 18.2 Å². The lowest BCUT2D eigenvalue weighted by molar-refractivity contribution is 0.0322. The van der Waals surface area contributed by atoms with Crippen LogP contribution in [0.5, 0.6) is 5.75 Å². The Morgan fingerprint density at radius 2 is 1.52 bits per heavy atom. The number of anilines is 1. The normalized spacial score (nSPS) is 17.7. The predicted octanol–water partition coefficient (Wildman–Crippen LogP) is 3.13. The molecule has 6 heteroatoms. The van der Waals surface area contributed by atoms with E-state index in [2.05, 4.69) is 9.80 Å². The Hall–Kier alpha value is -2.67. The molecule has 4 rings (SSSR count). The molecule has 0 bridgehead atoms. The average Bonchev–Trinajstić information content (AvgIpc) is 2.85. The minimum Gasteiger partial charge on any atom is -0.492 e. The van der Waals surface area contributed by atoms with Gasteiger partial charge in [-0.2, -0.15) is 0 Å². The van der Waals surface area contributed by atoms with Crippen LogP contribution < -0.4 is 9.64 Å². The van der Waals surface area contributed by atoms with Gasteiger partial charge in [0.15, 0.2) is 5.78 Å². The number of carbonyl (C=O) groups is 1. The Balaban J connectivity index is 1.25. The summed E-state index contributed by atoms with van der Waals surface area (Å²) in [6, 6.07) is 15.6. The van der Waals surface area contributed by atoms with Crippen molar-refractivity contribution in [3.63, 3.8) is 0 Å². The lowest BCUT2D eigenvalue weighted by Crippen LogP contribution is -2.38. The first-order valence-corrected chi connectivity index (χ1v) is 11.0. The number of allylic oxidation sites excluding steroid dienone is 1. The Morgan fingerprint density at radius 1 is 0.871 bits per heavy atom. The standard InChI is InChI=1S/C25H30N2O4/c28-25(22-4-6-23(7-5-22)27-14-18-30-19-15-27)10-3-21-1-8-24(9-2-21)31-20-13-26-11-16-29-17-12-26/h1-10H,11-20H2/b10-3+. The summed E-state index contributed by atoms with van der Waals surface area (Å²) in [5.74, 6) is 0.842. The van der Waals surface area contributed by atoms with Crippen molar-refractivity contribution in [2.75, 3.05) is 70.7 Å². The van der Waals surface area contributed by atoms with Crippen molar-refractivity contribution in [1.82, 2.24) is 4.90 Å². The summed E-state index contributed by atoms with van der Waals surface area (Å²) < 4.78 is 16.6. The Bertz CT molecular complexity index is 852. The second-order valence-corrected chi connectivity index (χ2v) is 7.72. The quantitative estimate of drug-likeness (QED) is 0.481. The Morgan fingerprint density at radius 3 is 2.19 bits per heavy atom. The molecular formula is C25H30N2O4. The predicted molar refractivity (Wildman–Crippen MR) is 122 cm³/mol. The molecule has 2 heterocycles. The molecule has 2 aromatic carbocycles. The van der Waals surface area contributed by atoms with Crippen LogP contribution in [0.25, 0.3) is 6.08 Å². The molecule has 2 aromatic rings. The molecule has 0 aliphatic carbocycles. The van der Waals surface area contributed by atoms with E-state index < -0.39 is 0 Å². The molecule has 164 valence electrons. The summed E-state index contributed by atoms with van der Waals surface area (Å²) in [5, 5.41) is 0. The Labute approximate surface area is 184 Å². The van der Waals surface area contributed by atoms with E-state index in [-0.39, 0.29) is 5.78 Å². The van der Waals surface area contributed by atoms with Crippen LogP contribution in [0, 0.1) is 0 Å². The molecular weight excluding hydrogens is 392 g/mol. The number of hydrogen-bond donors (Lipinski definition) is 0. The van der Waals surface area contributed by atoms with Crippen LogP contribution in [0.1, 0.15) is 15.9 Å². The molecule has 2 fully saturated rings. The van der Waals surface area contributed by atoms with Crippen molar-refractivity contribution in [1.29, 1.82) is 0 Å². The van der Waals surface area contributed by atoms with Crippen molar-refractivity contribution in [2.45, 2.75) is 0 Å². The molecule has 6 nitrogen and oxygen atoms in total. The fourth-order valence-corrected chi connectivity index (χ4v) is 3.72. The van der Waals surface area contributed by atoms with Crippen LogP contribution in [-0.2, 0) is 9.47 Å². The topological polar surface area (TPSA) is 51.2 Å². The number of rotatable bonds is 8. The second kappa shape index (κ2) is 11.1. The fraction of sp³-hybridized carbons (Fsp3) is 0.400. The highest BCUT2D eigenvalue weighted by Crippen LogP contribution is 2.18. The largest absolute Gasteiger partial charge is 0.492 e. The highest BCUT2D eigenvalue weighted by atomic mass is 16.5. The third-order valence-corrected chi connectivity index (χ3v) is 5.62. The SMILES string of the molecule is O=C(/C=C/c1ccc(OCCN2CCOCC2)cc1)c1ccc(N2CCOCC2)cc1. The van der Waals surface area contributed by atoms with Crippen molar-refractivity contribution in [3.8, 4) is 5.75 Å². The van der Waals surface area contributed by atoms with Crippen molar-refractivity contribution in [3.05, 3.63) is 65.7 Å². The minimum absolute atomic E-state index is 0.000588. The molecule has 2 saturated heterocycles. The fourth-order valence-electron chi connectivity index (χ4n) is 3.72. The summed E-state index contributed by atoms with van der Waals surface area (Å²) in [6.45, 7) is 8.39. The minimum atomic E-state index is -0.000588. The zero-order valence-corrected chi connectivity index (χ0v) is 17.9. The van der Waals surface area contributed by atoms with Gasteiger partial charge in [0, 0.05) is 44.0 Å². The molecule has 2 aliphatic rings. The molecule has 0 aromatic heterocycles. The monoisotopic (exact) mass is 422 g/mol. The van der Waals surface area contributed by atoms with Gasteiger partial charge in [0.1, 0.15) is 12.4 Å². The van der Waals surface area contributed by atoms with E-state index in [0.29, 0.717) is 12.2 Å². The van der Waals surface area contributed by atoms with Gasteiger partial charge < -0.3 is 19.1 Å². The number of carbonyl (C=O) groups excluding carboxylic acids is 1. The molecule has 0 spiro atoms. The van der Waals surface area contributed by atoms with Crippen LogP contribution in [0.2, 0.25) is 0 Å². The molecule has 31 heavy (non-hydrogen) atoms. The lowest BCUT2D eigenvalue weighted by atomic mass is 10.1. The highest BCUT2D eigenvalue weighted by molar-refractivity contribution is 6.07. The zero-order chi connectivity index (χ0) is 21.3. The number of ether oxygens (including phenoxy) is 3. The van der Waals surface area contributed by atoms with E-state index in [1.54, 1.807) is 6.08 Å². The maximum atomic E-state index is 12.5. The van der Waals surface area contributed by atoms with Crippen LogP contribution in [0.15, 0.2) is 54.6 Å². The lowest BCUT2D eigenvalue weighted by Gasteiger charge is -2.28. The summed E-state index contributed by atoms with van der Waals surface area (Å²) in [6.07, 6.45) is 3.47. The average molecular weight is 423 g/mol. The van der Waals surface area contributed by atoms with Crippen molar-refractivity contribution >= 4 is 17.5 Å². The van der Waals surface area contributed by atoms with Crippen LogP contribution >= 0.6 is 0 Å². The molecule has 0 saturated carbocycles. The van der Waals surface area contributed by atoms with Gasteiger partial charge in [-0.3, -0.25) is 9.69 Å². The Kier molecular flexibility index (Phi) is 7.71. The summed E-state index contributed by atoms with van der Waals surface area (Å²) >= 11 is 0. The van der Waals surface area contributed by atoms with Crippen molar-refractivity contribution < 1.29 is 19.0 Å². The van der Waals surface area contributed by atoms with E-state index in [4.69, 9.17) is 14.2 Å². The zero-order valence-electron chi connectivity index (χ0n) is 17.9. The molecule has 0 amide bonds. The summed E-state index contributed by atoms with van der Waals surface area (Å²) in [5.41, 5.74) is 2.79. The summed E-state index contributed by atoms with van der Waals surface area (Å²) in [4.78, 5) is 17.1. The molecule has 0 unspecified atom stereocenters. The maximum Gasteiger partial charge on any atom is 0.185 e. The first-order valence-electron chi connectivity index (χ1n) is 11.0. The van der Waals surface area contributed by atoms with Gasteiger partial charge in [-0.05, 0) is 48.0 Å². The third kappa shape index (κ3) is 6.40. The van der Waals surface area contributed by atoms with Gasteiger partial charge in [0.2, 0.25) is 0 Å². The number of morpholine rings is 2. The van der Waals surface area contributed by atoms with Crippen molar-refractivity contribution in [2.24, 2.45) is 0 Å². The van der Waals surface area contributed by atoms with Crippen LogP contribution in [-0.4, -0.2) is 76.4 Å². The molecule has 2 aliphatic heterocycles. The molecule has 0 atom stereocenters. The van der Waals surface area contributed by atoms with E-state index in [1.165, 1.54) is 0 Å². The van der Waals surface area contributed by atoms with E-state index in [9.17, 15) is 4.79 Å². The second-order valence-electron chi connectivity index (χ2n) is 7.72. The van der Waals surface area contributed by atoms with Gasteiger partial charge >= 0.3 is 0 Å². The van der Waals surface area contributed by atoms with Crippen LogP contribution in [0.4, 0.5) is 5.69 Å². The number of benzene rings is 2. The highest BCUT2D eigenvalue weighted by Gasteiger charge is 2.12. The molecule has 0 N–H and O–H groups in total. The van der Waals surface area contributed by atoms with Gasteiger partial charge in [-0.25, -0.2) is 0 Å². The van der Waals surface area contributed by atoms with Gasteiger partial charge in [0.25, 0.3) is 0 Å². The van der Waals surface area contributed by atoms with Gasteiger partial charge in [-0.15, -0.1) is 0 Å². The number of ketones is 1. The first-order chi connectivity index (χ1) is 15.3. The third-order valence-electron chi connectivity index (χ3n) is 5.62. The number of hydrogen-bond acceptors (Lipinski definition) is 6.